The first-order chi connectivity index (χ1) is 8.33. The largest absolute Gasteiger partial charge is 0.353 e. The molecule has 0 radical (unpaired) electrons. The molecule has 1 aliphatic heterocycles. The fraction of sp³-hybridized carbons (Fsp3) is 1.00. The van der Waals surface area contributed by atoms with Gasteiger partial charge in [0.2, 0.25) is 0 Å². The smallest absolute Gasteiger partial charge is 0.157 e. The second kappa shape index (κ2) is 10.3. The van der Waals surface area contributed by atoms with Crippen LogP contribution in [0.4, 0.5) is 0 Å². The number of alkyl halides is 1. The van der Waals surface area contributed by atoms with Gasteiger partial charge in [0.25, 0.3) is 0 Å². The zero-order valence-electron chi connectivity index (χ0n) is 11.1. The molecule has 0 bridgehead atoms. The molecule has 17 heavy (non-hydrogen) atoms. The highest BCUT2D eigenvalue weighted by Crippen LogP contribution is 2.17. The van der Waals surface area contributed by atoms with E-state index in [-0.39, 0.29) is 6.29 Å². The first kappa shape index (κ1) is 15.5. The minimum absolute atomic E-state index is 0.0761. The number of unbranched alkanes of at least 4 members (excludes halogenated alkanes) is 4. The summed E-state index contributed by atoms with van der Waals surface area (Å²) >= 11 is 3.46. The summed E-state index contributed by atoms with van der Waals surface area (Å²) in [5, 5.41) is 1.14. The molecule has 1 fully saturated rings. The number of rotatable bonds is 9. The van der Waals surface area contributed by atoms with Crippen LogP contribution in [0.1, 0.15) is 64.7 Å². The molecule has 2 unspecified atom stereocenters. The van der Waals surface area contributed by atoms with Gasteiger partial charge >= 0.3 is 0 Å². The molecule has 1 rings (SSSR count). The lowest BCUT2D eigenvalue weighted by atomic mass is 10.1. The summed E-state index contributed by atoms with van der Waals surface area (Å²) in [6.07, 6.45) is 11.8. The average molecular weight is 307 g/mol. The van der Waals surface area contributed by atoms with E-state index in [0.29, 0.717) is 6.10 Å². The summed E-state index contributed by atoms with van der Waals surface area (Å²) in [7, 11) is 0. The van der Waals surface area contributed by atoms with Crippen LogP contribution in [0.2, 0.25) is 0 Å². The zero-order chi connectivity index (χ0) is 12.3. The highest BCUT2D eigenvalue weighted by atomic mass is 79.9. The van der Waals surface area contributed by atoms with Gasteiger partial charge in [0, 0.05) is 11.9 Å². The Balaban J connectivity index is 1.91. The van der Waals surface area contributed by atoms with E-state index in [0.717, 1.165) is 18.4 Å². The van der Waals surface area contributed by atoms with Gasteiger partial charge in [-0.05, 0) is 39.0 Å². The number of ether oxygens (including phenoxy) is 2. The molecule has 1 heterocycles. The van der Waals surface area contributed by atoms with E-state index in [1.54, 1.807) is 0 Å². The van der Waals surface area contributed by atoms with Crippen molar-refractivity contribution in [3.8, 4) is 0 Å². The third-order valence-corrected chi connectivity index (χ3v) is 3.83. The lowest BCUT2D eigenvalue weighted by Crippen LogP contribution is -2.26. The SMILES string of the molecule is CC(CCCCCCCBr)OC1CCCCO1. The fourth-order valence-electron chi connectivity index (χ4n) is 2.20. The van der Waals surface area contributed by atoms with Crippen molar-refractivity contribution < 1.29 is 9.47 Å². The molecule has 1 aliphatic rings. The van der Waals surface area contributed by atoms with Gasteiger partial charge < -0.3 is 9.47 Å². The summed E-state index contributed by atoms with van der Waals surface area (Å²) in [5.41, 5.74) is 0. The van der Waals surface area contributed by atoms with Crippen LogP contribution in [0.3, 0.4) is 0 Å². The third-order valence-electron chi connectivity index (χ3n) is 3.27. The molecule has 1 saturated heterocycles. The standard InChI is InChI=1S/C14H27BrO2/c1-13(9-5-3-2-4-7-11-15)17-14-10-6-8-12-16-14/h13-14H,2-12H2,1H3. The van der Waals surface area contributed by atoms with Crippen molar-refractivity contribution in [2.75, 3.05) is 11.9 Å². The van der Waals surface area contributed by atoms with Crippen LogP contribution in [-0.2, 0) is 9.47 Å². The predicted molar refractivity (Wildman–Crippen MR) is 75.6 cm³/mol. The van der Waals surface area contributed by atoms with Crippen LogP contribution in [0.25, 0.3) is 0 Å². The maximum Gasteiger partial charge on any atom is 0.157 e. The van der Waals surface area contributed by atoms with Crippen LogP contribution >= 0.6 is 15.9 Å². The highest BCUT2D eigenvalue weighted by molar-refractivity contribution is 9.09. The summed E-state index contributed by atoms with van der Waals surface area (Å²) in [4.78, 5) is 0. The van der Waals surface area contributed by atoms with Crippen LogP contribution < -0.4 is 0 Å². The Hall–Kier alpha value is 0.400. The summed E-state index contributed by atoms with van der Waals surface area (Å²) < 4.78 is 11.5. The van der Waals surface area contributed by atoms with Crippen molar-refractivity contribution in [3.63, 3.8) is 0 Å². The maximum atomic E-state index is 5.89. The lowest BCUT2D eigenvalue weighted by molar-refractivity contribution is -0.185. The molecule has 0 aromatic heterocycles. The molecule has 0 N–H and O–H groups in total. The first-order valence-corrected chi connectivity index (χ1v) is 8.28. The van der Waals surface area contributed by atoms with E-state index in [2.05, 4.69) is 22.9 Å². The molecule has 0 saturated carbocycles. The molecule has 102 valence electrons. The molecule has 2 atom stereocenters. The Kier molecular flexibility index (Phi) is 9.40. The van der Waals surface area contributed by atoms with Crippen LogP contribution in [0.15, 0.2) is 0 Å². The Morgan fingerprint density at radius 2 is 1.94 bits per heavy atom. The quantitative estimate of drug-likeness (QED) is 0.456. The average Bonchev–Trinajstić information content (AvgIpc) is 2.35. The van der Waals surface area contributed by atoms with Crippen molar-refractivity contribution >= 4 is 15.9 Å². The van der Waals surface area contributed by atoms with Crippen molar-refractivity contribution in [2.24, 2.45) is 0 Å². The van der Waals surface area contributed by atoms with Crippen LogP contribution in [-0.4, -0.2) is 24.3 Å². The molecular weight excluding hydrogens is 280 g/mol. The predicted octanol–water partition coefficient (Wildman–Crippen LogP) is 4.65. The van der Waals surface area contributed by atoms with Gasteiger partial charge in [0.1, 0.15) is 0 Å². The van der Waals surface area contributed by atoms with Gasteiger partial charge in [-0.2, -0.15) is 0 Å². The van der Waals surface area contributed by atoms with E-state index in [4.69, 9.17) is 9.47 Å². The van der Waals surface area contributed by atoms with Gasteiger partial charge in [-0.1, -0.05) is 41.6 Å². The van der Waals surface area contributed by atoms with Crippen LogP contribution in [0, 0.1) is 0 Å². The minimum Gasteiger partial charge on any atom is -0.353 e. The number of hydrogen-bond donors (Lipinski definition) is 0. The molecule has 0 aromatic rings. The lowest BCUT2D eigenvalue weighted by Gasteiger charge is -2.26. The Labute approximate surface area is 115 Å². The Morgan fingerprint density at radius 1 is 1.18 bits per heavy atom. The van der Waals surface area contributed by atoms with Gasteiger partial charge in [-0.3, -0.25) is 0 Å². The van der Waals surface area contributed by atoms with Gasteiger partial charge in [0.05, 0.1) is 6.10 Å². The van der Waals surface area contributed by atoms with Crippen LogP contribution in [0.5, 0.6) is 0 Å². The van der Waals surface area contributed by atoms with Crippen molar-refractivity contribution in [1.29, 1.82) is 0 Å². The normalized spacial score (nSPS) is 22.6. The van der Waals surface area contributed by atoms with E-state index in [9.17, 15) is 0 Å². The molecule has 0 spiro atoms. The molecule has 0 aliphatic carbocycles. The molecule has 0 amide bonds. The summed E-state index contributed by atoms with van der Waals surface area (Å²) in [6.45, 7) is 3.06. The minimum atomic E-state index is 0.0761. The molecule has 3 heteroatoms. The summed E-state index contributed by atoms with van der Waals surface area (Å²) in [5.74, 6) is 0. The van der Waals surface area contributed by atoms with Gasteiger partial charge in [-0.25, -0.2) is 0 Å². The van der Waals surface area contributed by atoms with E-state index >= 15 is 0 Å². The van der Waals surface area contributed by atoms with Crippen molar-refractivity contribution in [2.45, 2.75) is 77.1 Å². The molecule has 0 aromatic carbocycles. The molecule has 2 nitrogen and oxygen atoms in total. The summed E-state index contributed by atoms with van der Waals surface area (Å²) in [6, 6.07) is 0. The molecular formula is C14H27BrO2. The Morgan fingerprint density at radius 3 is 2.65 bits per heavy atom. The zero-order valence-corrected chi connectivity index (χ0v) is 12.7. The van der Waals surface area contributed by atoms with E-state index in [1.165, 1.54) is 51.4 Å². The Bertz CT molecular complexity index is 170. The number of hydrogen-bond acceptors (Lipinski definition) is 2. The second-order valence-electron chi connectivity index (χ2n) is 4.99. The second-order valence-corrected chi connectivity index (χ2v) is 5.78. The highest BCUT2D eigenvalue weighted by Gasteiger charge is 2.16. The topological polar surface area (TPSA) is 18.5 Å². The van der Waals surface area contributed by atoms with Gasteiger partial charge in [-0.15, -0.1) is 0 Å². The first-order valence-electron chi connectivity index (χ1n) is 7.16. The third kappa shape index (κ3) is 8.17. The maximum absolute atomic E-state index is 5.89. The van der Waals surface area contributed by atoms with E-state index < -0.39 is 0 Å². The number of halogens is 1. The monoisotopic (exact) mass is 306 g/mol. The van der Waals surface area contributed by atoms with Crippen molar-refractivity contribution in [3.05, 3.63) is 0 Å². The van der Waals surface area contributed by atoms with Crippen molar-refractivity contribution in [1.82, 2.24) is 0 Å². The van der Waals surface area contributed by atoms with Gasteiger partial charge in [0.15, 0.2) is 6.29 Å². The van der Waals surface area contributed by atoms with E-state index in [1.807, 2.05) is 0 Å². The fourth-order valence-corrected chi connectivity index (χ4v) is 2.60.